The largest absolute Gasteiger partial charge is 0.508 e. The van der Waals surface area contributed by atoms with Crippen molar-refractivity contribution in [2.45, 2.75) is 38.8 Å². The summed E-state index contributed by atoms with van der Waals surface area (Å²) >= 11 is 0. The zero-order chi connectivity index (χ0) is 20.5. The molecule has 0 aliphatic carbocycles. The Bertz CT molecular complexity index is 656. The number of phenols is 1. The lowest BCUT2D eigenvalue weighted by atomic mass is 10.0. The molecule has 0 radical (unpaired) electrons. The zero-order valence-corrected chi connectivity index (χ0v) is 16.4. The lowest BCUT2D eigenvalue weighted by Crippen LogP contribution is -2.55. The highest BCUT2D eigenvalue weighted by atomic mass is 16.5. The van der Waals surface area contributed by atoms with Crippen LogP contribution in [0.3, 0.4) is 0 Å². The summed E-state index contributed by atoms with van der Waals surface area (Å²) in [4.78, 5) is 38.3. The van der Waals surface area contributed by atoms with Crippen LogP contribution in [0.4, 0.5) is 4.79 Å². The molecule has 0 aromatic heterocycles. The van der Waals surface area contributed by atoms with E-state index in [4.69, 9.17) is 4.74 Å². The molecule has 0 spiro atoms. The van der Waals surface area contributed by atoms with Gasteiger partial charge in [0.05, 0.1) is 19.3 Å². The van der Waals surface area contributed by atoms with Crippen LogP contribution in [0.1, 0.15) is 25.8 Å². The van der Waals surface area contributed by atoms with Crippen LogP contribution in [0.5, 0.6) is 5.75 Å². The summed E-state index contributed by atoms with van der Waals surface area (Å²) in [6, 6.07) is 4.72. The molecule has 1 aliphatic rings. The molecule has 1 aromatic carbocycles. The third-order valence-electron chi connectivity index (χ3n) is 4.50. The second-order valence-corrected chi connectivity index (χ2v) is 7.35. The first-order chi connectivity index (χ1) is 13.4. The van der Waals surface area contributed by atoms with Crippen molar-refractivity contribution >= 4 is 18.2 Å². The van der Waals surface area contributed by atoms with Crippen LogP contribution in [0.25, 0.3) is 0 Å². The summed E-state index contributed by atoms with van der Waals surface area (Å²) in [5, 5.41) is 14.9. The molecule has 2 unspecified atom stereocenters. The number of carbonyl (C=O) groups excluding carboxylic acids is 3. The summed E-state index contributed by atoms with van der Waals surface area (Å²) in [5.74, 6) is -0.0584. The van der Waals surface area contributed by atoms with Gasteiger partial charge in [0.25, 0.3) is 0 Å². The molecular weight excluding hydrogens is 362 g/mol. The molecule has 1 aliphatic heterocycles. The molecule has 1 fully saturated rings. The standard InChI is InChI=1S/C20H29N3O5/c1-14(2)11-18(22-20(27)23-7-9-28-10-8-23)19(26)21-16(13-24)12-15-3-5-17(25)6-4-15/h3-6,13-14,16,18,25H,7-12H2,1-2H3,(H,21,26)(H,22,27). The number of amides is 3. The molecule has 3 N–H and O–H groups in total. The molecule has 0 saturated carbocycles. The van der Waals surface area contributed by atoms with Gasteiger partial charge in [-0.3, -0.25) is 4.79 Å². The van der Waals surface area contributed by atoms with Crippen molar-refractivity contribution < 1.29 is 24.2 Å². The van der Waals surface area contributed by atoms with E-state index in [-0.39, 0.29) is 23.6 Å². The number of aldehydes is 1. The van der Waals surface area contributed by atoms with E-state index in [2.05, 4.69) is 10.6 Å². The summed E-state index contributed by atoms with van der Waals surface area (Å²) in [6.07, 6.45) is 1.45. The number of hydrogen-bond donors (Lipinski definition) is 3. The van der Waals surface area contributed by atoms with E-state index < -0.39 is 12.1 Å². The molecule has 1 saturated heterocycles. The average Bonchev–Trinajstić information content (AvgIpc) is 2.68. The van der Waals surface area contributed by atoms with Gasteiger partial charge in [0.15, 0.2) is 0 Å². The number of morpholine rings is 1. The second kappa shape index (κ2) is 10.7. The maximum Gasteiger partial charge on any atom is 0.318 e. The normalized spacial score (nSPS) is 16.3. The number of hydrogen-bond acceptors (Lipinski definition) is 5. The highest BCUT2D eigenvalue weighted by Crippen LogP contribution is 2.12. The molecular formula is C20H29N3O5. The van der Waals surface area contributed by atoms with Crippen LogP contribution in [-0.2, 0) is 20.7 Å². The fourth-order valence-electron chi connectivity index (χ4n) is 3.01. The first-order valence-corrected chi connectivity index (χ1v) is 9.55. The number of urea groups is 1. The van der Waals surface area contributed by atoms with E-state index in [1.807, 2.05) is 13.8 Å². The fourth-order valence-corrected chi connectivity index (χ4v) is 3.01. The molecule has 1 aromatic rings. The Morgan fingerprint density at radius 1 is 1.18 bits per heavy atom. The zero-order valence-electron chi connectivity index (χ0n) is 16.4. The van der Waals surface area contributed by atoms with Crippen molar-refractivity contribution in [1.29, 1.82) is 0 Å². The van der Waals surface area contributed by atoms with E-state index >= 15 is 0 Å². The molecule has 1 heterocycles. The third-order valence-corrected chi connectivity index (χ3v) is 4.50. The van der Waals surface area contributed by atoms with Gasteiger partial charge in [0, 0.05) is 13.1 Å². The lowest BCUT2D eigenvalue weighted by molar-refractivity contribution is -0.126. The third kappa shape index (κ3) is 6.84. The quantitative estimate of drug-likeness (QED) is 0.575. The minimum atomic E-state index is -0.724. The van der Waals surface area contributed by atoms with Crippen LogP contribution < -0.4 is 10.6 Å². The second-order valence-electron chi connectivity index (χ2n) is 7.35. The minimum Gasteiger partial charge on any atom is -0.508 e. The highest BCUT2D eigenvalue weighted by molar-refractivity contribution is 5.88. The highest BCUT2D eigenvalue weighted by Gasteiger charge is 2.27. The van der Waals surface area contributed by atoms with Crippen molar-refractivity contribution in [1.82, 2.24) is 15.5 Å². The van der Waals surface area contributed by atoms with Crippen LogP contribution in [-0.4, -0.2) is 66.6 Å². The molecule has 2 rings (SSSR count). The number of nitrogens with one attached hydrogen (secondary N) is 2. The van der Waals surface area contributed by atoms with Gasteiger partial charge in [-0.2, -0.15) is 0 Å². The summed E-state index contributed by atoms with van der Waals surface area (Å²) < 4.78 is 5.24. The minimum absolute atomic E-state index is 0.137. The molecule has 0 bridgehead atoms. The molecule has 154 valence electrons. The number of rotatable bonds is 8. The van der Waals surface area contributed by atoms with Gasteiger partial charge in [-0.25, -0.2) is 4.79 Å². The van der Waals surface area contributed by atoms with Crippen LogP contribution in [0.2, 0.25) is 0 Å². The summed E-state index contributed by atoms with van der Waals surface area (Å²) in [6.45, 7) is 5.87. The predicted molar refractivity (Wildman–Crippen MR) is 104 cm³/mol. The number of benzene rings is 1. The molecule has 2 atom stereocenters. The molecule has 8 nitrogen and oxygen atoms in total. The average molecular weight is 391 g/mol. The van der Waals surface area contributed by atoms with Gasteiger partial charge in [-0.15, -0.1) is 0 Å². The topological polar surface area (TPSA) is 108 Å². The van der Waals surface area contributed by atoms with E-state index in [0.29, 0.717) is 45.4 Å². The SMILES string of the molecule is CC(C)CC(NC(=O)N1CCOCC1)C(=O)NC(C=O)Cc1ccc(O)cc1. The predicted octanol–water partition coefficient (Wildman–Crippen LogP) is 1.07. The Labute approximate surface area is 165 Å². The maximum atomic E-state index is 12.7. The molecule has 28 heavy (non-hydrogen) atoms. The summed E-state index contributed by atoms with van der Waals surface area (Å²) in [5.41, 5.74) is 0.813. The number of carbonyl (C=O) groups is 3. The van der Waals surface area contributed by atoms with E-state index in [9.17, 15) is 19.5 Å². The van der Waals surface area contributed by atoms with Crippen LogP contribution in [0.15, 0.2) is 24.3 Å². The maximum absolute atomic E-state index is 12.7. The van der Waals surface area contributed by atoms with Gasteiger partial charge in [-0.05, 0) is 36.5 Å². The Morgan fingerprint density at radius 3 is 2.39 bits per heavy atom. The van der Waals surface area contributed by atoms with E-state index in [1.54, 1.807) is 17.0 Å². The molecule has 3 amide bonds. The first-order valence-electron chi connectivity index (χ1n) is 9.55. The van der Waals surface area contributed by atoms with E-state index in [1.165, 1.54) is 12.1 Å². The number of ether oxygens (including phenoxy) is 1. The van der Waals surface area contributed by atoms with Crippen molar-refractivity contribution in [3.05, 3.63) is 29.8 Å². The van der Waals surface area contributed by atoms with Gasteiger partial charge < -0.3 is 30.2 Å². The summed E-state index contributed by atoms with van der Waals surface area (Å²) in [7, 11) is 0. The Morgan fingerprint density at radius 2 is 1.82 bits per heavy atom. The number of nitrogens with zero attached hydrogens (tertiary/aromatic N) is 1. The van der Waals surface area contributed by atoms with E-state index in [0.717, 1.165) is 5.56 Å². The smallest absolute Gasteiger partial charge is 0.318 e. The van der Waals surface area contributed by atoms with Gasteiger partial charge in [0.1, 0.15) is 18.1 Å². The van der Waals surface area contributed by atoms with Crippen LogP contribution >= 0.6 is 0 Å². The lowest BCUT2D eigenvalue weighted by Gasteiger charge is -2.30. The molecule has 8 heteroatoms. The van der Waals surface area contributed by atoms with Gasteiger partial charge in [0.2, 0.25) is 5.91 Å². The fraction of sp³-hybridized carbons (Fsp3) is 0.550. The number of phenolic OH excluding ortho intramolecular Hbond substituents is 1. The Kier molecular flexibility index (Phi) is 8.25. The van der Waals surface area contributed by atoms with Crippen LogP contribution in [0, 0.1) is 5.92 Å². The monoisotopic (exact) mass is 391 g/mol. The number of aromatic hydroxyl groups is 1. The van der Waals surface area contributed by atoms with Crippen molar-refractivity contribution in [3.8, 4) is 5.75 Å². The Hall–Kier alpha value is -2.61. The van der Waals surface area contributed by atoms with Gasteiger partial charge in [-0.1, -0.05) is 26.0 Å². The van der Waals surface area contributed by atoms with Crippen molar-refractivity contribution in [2.24, 2.45) is 5.92 Å². The van der Waals surface area contributed by atoms with Gasteiger partial charge >= 0.3 is 6.03 Å². The first kappa shape index (κ1) is 21.7. The van der Waals surface area contributed by atoms with Crippen molar-refractivity contribution in [3.63, 3.8) is 0 Å². The Balaban J connectivity index is 1.98. The van der Waals surface area contributed by atoms with Crippen molar-refractivity contribution in [2.75, 3.05) is 26.3 Å².